The van der Waals surface area contributed by atoms with E-state index in [4.69, 9.17) is 13.9 Å². The van der Waals surface area contributed by atoms with Gasteiger partial charge in [0.05, 0.1) is 20.4 Å². The molecule has 10 heteroatoms. The number of ether oxygens (including phenoxy) is 2. The van der Waals surface area contributed by atoms with Crippen molar-refractivity contribution >= 4 is 10.0 Å². The Labute approximate surface area is 192 Å². The second kappa shape index (κ2) is 9.88. The molecule has 0 aliphatic heterocycles. The first kappa shape index (κ1) is 22.6. The van der Waals surface area contributed by atoms with Gasteiger partial charge >= 0.3 is 0 Å². The topological polar surface area (TPSA) is 99.7 Å². The molecule has 0 aliphatic carbocycles. The number of sulfonamides is 1. The Bertz CT molecular complexity index is 1220. The van der Waals surface area contributed by atoms with Crippen LogP contribution in [0.15, 0.2) is 82.7 Å². The summed E-state index contributed by atoms with van der Waals surface area (Å²) < 4.78 is 45.6. The van der Waals surface area contributed by atoms with Crippen LogP contribution >= 0.6 is 0 Å². The van der Waals surface area contributed by atoms with Crippen molar-refractivity contribution in [2.75, 3.05) is 14.2 Å². The second-order valence-corrected chi connectivity index (χ2v) is 9.13. The van der Waals surface area contributed by atoms with Gasteiger partial charge in [0.2, 0.25) is 5.89 Å². The summed E-state index contributed by atoms with van der Waals surface area (Å²) in [5.74, 6) is 1.84. The maximum absolute atomic E-state index is 13.6. The smallest absolute Gasteiger partial charge is 0.262 e. The van der Waals surface area contributed by atoms with Gasteiger partial charge in [-0.3, -0.25) is 4.68 Å². The largest absolute Gasteiger partial charge is 0.497 e. The van der Waals surface area contributed by atoms with Crippen LogP contribution in [0.4, 0.5) is 0 Å². The second-order valence-electron chi connectivity index (χ2n) is 7.25. The molecule has 0 aliphatic rings. The number of hydrogen-bond acceptors (Lipinski definition) is 7. The molecule has 2 heterocycles. The molecule has 0 unspecified atom stereocenters. The van der Waals surface area contributed by atoms with E-state index in [1.807, 2.05) is 24.3 Å². The molecule has 2 aromatic carbocycles. The number of rotatable bonds is 10. The van der Waals surface area contributed by atoms with Crippen molar-refractivity contribution < 1.29 is 22.3 Å². The summed E-state index contributed by atoms with van der Waals surface area (Å²) in [4.78, 5) is 4.05. The summed E-state index contributed by atoms with van der Waals surface area (Å²) in [7, 11) is -0.724. The van der Waals surface area contributed by atoms with Crippen LogP contribution in [-0.4, -0.2) is 41.7 Å². The molecule has 172 valence electrons. The van der Waals surface area contributed by atoms with E-state index in [1.54, 1.807) is 44.7 Å². The molecule has 0 radical (unpaired) electrons. The molecular weight excluding hydrogens is 444 g/mol. The average Bonchev–Trinajstić information content (AvgIpc) is 3.52. The zero-order valence-corrected chi connectivity index (χ0v) is 19.1. The summed E-state index contributed by atoms with van der Waals surface area (Å²) >= 11 is 0. The summed E-state index contributed by atoms with van der Waals surface area (Å²) in [6, 6.07) is 16.1. The Balaban J connectivity index is 1.61. The Hall–Kier alpha value is -3.63. The van der Waals surface area contributed by atoms with Gasteiger partial charge in [0.1, 0.15) is 24.3 Å². The number of benzene rings is 2. The van der Waals surface area contributed by atoms with Gasteiger partial charge in [-0.15, -0.1) is 0 Å². The maximum atomic E-state index is 13.6. The Kier molecular flexibility index (Phi) is 6.76. The van der Waals surface area contributed by atoms with Gasteiger partial charge in [-0.25, -0.2) is 13.4 Å². The molecule has 2 aromatic heterocycles. The third-order valence-corrected chi connectivity index (χ3v) is 6.72. The van der Waals surface area contributed by atoms with Crippen LogP contribution in [0, 0.1) is 0 Å². The van der Waals surface area contributed by atoms with Gasteiger partial charge in [0.25, 0.3) is 10.0 Å². The van der Waals surface area contributed by atoms with Gasteiger partial charge in [-0.2, -0.15) is 9.40 Å². The van der Waals surface area contributed by atoms with Crippen LogP contribution in [0.2, 0.25) is 0 Å². The molecule has 4 aromatic rings. The van der Waals surface area contributed by atoms with E-state index in [0.29, 0.717) is 17.4 Å². The van der Waals surface area contributed by atoms with Crippen LogP contribution in [-0.2, 0) is 29.7 Å². The number of aromatic nitrogens is 3. The van der Waals surface area contributed by atoms with Crippen LogP contribution in [0.3, 0.4) is 0 Å². The van der Waals surface area contributed by atoms with Gasteiger partial charge in [-0.05, 0) is 41.5 Å². The lowest BCUT2D eigenvalue weighted by Gasteiger charge is -2.21. The summed E-state index contributed by atoms with van der Waals surface area (Å²) in [5, 5.41) is 4.22. The van der Waals surface area contributed by atoms with E-state index in [-0.39, 0.29) is 24.7 Å². The van der Waals surface area contributed by atoms with E-state index in [2.05, 4.69) is 10.1 Å². The minimum Gasteiger partial charge on any atom is -0.497 e. The van der Waals surface area contributed by atoms with E-state index in [9.17, 15) is 8.42 Å². The van der Waals surface area contributed by atoms with Gasteiger partial charge in [0, 0.05) is 19.3 Å². The Morgan fingerprint density at radius 3 is 1.97 bits per heavy atom. The third-order valence-electron chi connectivity index (χ3n) is 5.04. The summed E-state index contributed by atoms with van der Waals surface area (Å²) in [6.07, 6.45) is 4.58. The number of hydrogen-bond donors (Lipinski definition) is 0. The van der Waals surface area contributed by atoms with Crippen LogP contribution in [0.25, 0.3) is 0 Å². The first-order valence-electron chi connectivity index (χ1n) is 10.2. The van der Waals surface area contributed by atoms with Crippen molar-refractivity contribution in [1.29, 1.82) is 0 Å². The summed E-state index contributed by atoms with van der Waals surface area (Å²) in [6.45, 7) is 0.579. The third kappa shape index (κ3) is 5.41. The van der Waals surface area contributed by atoms with Crippen molar-refractivity contribution in [3.05, 3.63) is 90.3 Å². The predicted molar refractivity (Wildman–Crippen MR) is 120 cm³/mol. The molecule has 0 bridgehead atoms. The normalized spacial score (nSPS) is 11.6. The molecule has 0 amide bonds. The molecule has 0 N–H and O–H groups in total. The average molecular weight is 469 g/mol. The van der Waals surface area contributed by atoms with E-state index >= 15 is 0 Å². The molecular formula is C23H24N4O5S. The maximum Gasteiger partial charge on any atom is 0.262 e. The zero-order valence-electron chi connectivity index (χ0n) is 18.3. The fourth-order valence-electron chi connectivity index (χ4n) is 3.27. The van der Waals surface area contributed by atoms with Crippen molar-refractivity contribution in [3.8, 4) is 11.5 Å². The van der Waals surface area contributed by atoms with Crippen molar-refractivity contribution in [2.45, 2.75) is 24.7 Å². The van der Waals surface area contributed by atoms with Crippen molar-refractivity contribution in [1.82, 2.24) is 19.1 Å². The molecule has 9 nitrogen and oxygen atoms in total. The first-order chi connectivity index (χ1) is 16.0. The SMILES string of the molecule is COc1ccc(CN(Cc2ccc(OC)cc2)S(=O)(=O)c2ccn(Cc3ncco3)n2)cc1. The highest BCUT2D eigenvalue weighted by Crippen LogP contribution is 2.22. The van der Waals surface area contributed by atoms with Crippen LogP contribution < -0.4 is 9.47 Å². The molecule has 0 saturated heterocycles. The van der Waals surface area contributed by atoms with Crippen molar-refractivity contribution in [2.24, 2.45) is 0 Å². The van der Waals surface area contributed by atoms with E-state index < -0.39 is 10.0 Å². The monoisotopic (exact) mass is 468 g/mol. The van der Waals surface area contributed by atoms with E-state index in [1.165, 1.54) is 27.5 Å². The Morgan fingerprint density at radius 2 is 1.48 bits per heavy atom. The molecule has 0 spiro atoms. The fraction of sp³-hybridized carbons (Fsp3) is 0.217. The highest BCUT2D eigenvalue weighted by Gasteiger charge is 2.27. The lowest BCUT2D eigenvalue weighted by Crippen LogP contribution is -2.30. The van der Waals surface area contributed by atoms with Crippen molar-refractivity contribution in [3.63, 3.8) is 0 Å². The van der Waals surface area contributed by atoms with Crippen LogP contribution in [0.5, 0.6) is 11.5 Å². The lowest BCUT2D eigenvalue weighted by molar-refractivity contribution is 0.394. The fourth-order valence-corrected chi connectivity index (χ4v) is 4.61. The zero-order chi connectivity index (χ0) is 23.3. The van der Waals surface area contributed by atoms with Crippen LogP contribution in [0.1, 0.15) is 17.0 Å². The van der Waals surface area contributed by atoms with E-state index in [0.717, 1.165) is 11.1 Å². The molecule has 4 rings (SSSR count). The molecule has 0 atom stereocenters. The highest BCUT2D eigenvalue weighted by atomic mass is 32.2. The van der Waals surface area contributed by atoms with Gasteiger partial charge < -0.3 is 13.9 Å². The number of nitrogens with zero attached hydrogens (tertiary/aromatic N) is 4. The predicted octanol–water partition coefficient (Wildman–Crippen LogP) is 3.33. The highest BCUT2D eigenvalue weighted by molar-refractivity contribution is 7.89. The van der Waals surface area contributed by atoms with Gasteiger partial charge in [0.15, 0.2) is 5.03 Å². The number of methoxy groups -OCH3 is 2. The molecule has 0 saturated carbocycles. The quantitative estimate of drug-likeness (QED) is 0.352. The molecule has 33 heavy (non-hydrogen) atoms. The Morgan fingerprint density at radius 1 is 0.909 bits per heavy atom. The lowest BCUT2D eigenvalue weighted by atomic mass is 10.2. The minimum atomic E-state index is -3.90. The number of oxazole rings is 1. The molecule has 0 fully saturated rings. The standard InChI is InChI=1S/C23H24N4O5S/c1-30-20-7-3-18(4-8-20)15-27(16-19-5-9-21(31-2)10-6-19)33(28,29)23-11-13-26(25-23)17-22-24-12-14-32-22/h3-14H,15-17H2,1-2H3. The first-order valence-corrected chi connectivity index (χ1v) is 11.6. The van der Waals surface area contributed by atoms with Gasteiger partial charge in [-0.1, -0.05) is 24.3 Å². The summed E-state index contributed by atoms with van der Waals surface area (Å²) in [5.41, 5.74) is 1.65. The minimum absolute atomic E-state index is 0.0453.